The second-order valence-corrected chi connectivity index (χ2v) is 27.3. The molecule has 0 aromatic heterocycles. The van der Waals surface area contributed by atoms with Gasteiger partial charge in [-0.05, 0) is 156 Å². The first kappa shape index (κ1) is 135. The maximum atomic E-state index is 13.8. The van der Waals surface area contributed by atoms with Crippen LogP contribution in [0.3, 0.4) is 0 Å². The molecule has 0 aliphatic rings. The van der Waals surface area contributed by atoms with Gasteiger partial charge in [0, 0.05) is 11.5 Å². The third kappa shape index (κ3) is 54.1. The summed E-state index contributed by atoms with van der Waals surface area (Å²) in [7, 11) is 5.46. The van der Waals surface area contributed by atoms with Crippen LogP contribution in [0.15, 0.2) is 459 Å². The second-order valence-electron chi connectivity index (χ2n) is 25.4. The number of hydrogen-bond acceptors (Lipinski definition) is 10. The van der Waals surface area contributed by atoms with Crippen molar-refractivity contribution < 1.29 is 72.7 Å². The zero-order valence-corrected chi connectivity index (χ0v) is 84.3. The van der Waals surface area contributed by atoms with Crippen molar-refractivity contribution >= 4 is 9.84 Å². The van der Waals surface area contributed by atoms with E-state index in [1.165, 1.54) is 63.8 Å². The molecule has 10 nitrogen and oxygen atoms in total. The number of sulfone groups is 1. The summed E-state index contributed by atoms with van der Waals surface area (Å²) >= 11 is 0. The van der Waals surface area contributed by atoms with Crippen LogP contribution in [0.2, 0.25) is 0 Å². The standard InChI is InChI=1S/C18H14O2.C17H14F6O2.C17H20O2.C14H14O4S.6C6H6.8C2H6.3CH4/c1-3-8-15(9-4-1)19-17-12-7-13-18(14-17)20-16-10-5-2-6-11-16;1-24-13-7-3-11(4-8-13)15(16(18,19)20,17(21,22)23)12-5-9-14(25-2)10-6-12;1-17(2,13-5-9-15(18-3)10-6-13)14-7-11-16(19-4)12-8-14;1-17-11-3-7-13(8-4-11)19(15,16)14-9-5-12(18-2)6-10-14;6*1-2-4-6-5-3-1;8*1-2;;;/h1-14H;3-10H,1-2H3;5-12H,1-4H3;3-10H,1-2H3;6*1-6H;8*1-2H3;3*1H4. The molecule has 138 heavy (non-hydrogen) atoms. The van der Waals surface area contributed by atoms with Gasteiger partial charge in [-0.3, -0.25) is 0 Å². The smallest absolute Gasteiger partial charge is 0.411 e. The summed E-state index contributed by atoms with van der Waals surface area (Å²) in [6.45, 7) is 36.4. The normalized spacial score (nSPS) is 9.26. The maximum Gasteiger partial charge on any atom is 0.411 e. The predicted molar refractivity (Wildman–Crippen MR) is 578 cm³/mol. The van der Waals surface area contributed by atoms with Crippen molar-refractivity contribution in [2.75, 3.05) is 42.7 Å². The molecule has 0 atom stereocenters. The predicted octanol–water partition coefficient (Wildman–Crippen LogP) is 37.2. The Balaban J connectivity index is -0.000000358. The van der Waals surface area contributed by atoms with Crippen molar-refractivity contribution in [2.24, 2.45) is 0 Å². The first-order chi connectivity index (χ1) is 65.6. The zero-order valence-electron chi connectivity index (χ0n) is 83.5. The molecule has 0 fully saturated rings. The first-order valence-corrected chi connectivity index (χ1v) is 46.9. The lowest BCUT2D eigenvalue weighted by molar-refractivity contribution is -0.288. The Labute approximate surface area is 828 Å². The largest absolute Gasteiger partial charge is 0.497 e. The van der Waals surface area contributed by atoms with E-state index in [0.717, 1.165) is 83.0 Å². The molecule has 0 spiro atoms. The number of rotatable bonds is 16. The van der Waals surface area contributed by atoms with Crippen molar-refractivity contribution in [1.29, 1.82) is 0 Å². The lowest BCUT2D eigenvalue weighted by Gasteiger charge is -2.38. The van der Waals surface area contributed by atoms with E-state index in [0.29, 0.717) is 11.5 Å². The molecular weight excluding hydrogens is 1760 g/mol. The fourth-order valence-electron chi connectivity index (χ4n) is 10.7. The number of hydrogen-bond donors (Lipinski definition) is 0. The molecule has 15 aromatic carbocycles. The van der Waals surface area contributed by atoms with Crippen LogP contribution in [0, 0.1) is 0 Å². The van der Waals surface area contributed by atoms with E-state index in [1.54, 1.807) is 38.5 Å². The summed E-state index contributed by atoms with van der Waals surface area (Å²) in [4.78, 5) is 0.469. The number of halogens is 6. The number of para-hydroxylation sites is 2. The Hall–Kier alpha value is -13.8. The molecule has 750 valence electrons. The molecular formula is C121H158F6O10S. The van der Waals surface area contributed by atoms with Crippen molar-refractivity contribution in [1.82, 2.24) is 0 Å². The minimum Gasteiger partial charge on any atom is -0.497 e. The highest BCUT2D eigenvalue weighted by Gasteiger charge is 2.72. The molecule has 0 radical (unpaired) electrons. The molecule has 0 amide bonds. The van der Waals surface area contributed by atoms with E-state index in [1.807, 2.05) is 438 Å². The van der Waals surface area contributed by atoms with Gasteiger partial charge in [-0.15, -0.1) is 0 Å². The third-order valence-electron chi connectivity index (χ3n) is 17.0. The molecule has 17 heteroatoms. The minimum atomic E-state index is -5.62. The summed E-state index contributed by atoms with van der Waals surface area (Å²) in [6.07, 6.45) is -11.2. The molecule has 0 saturated carbocycles. The van der Waals surface area contributed by atoms with Crippen LogP contribution in [0.1, 0.15) is 169 Å². The Morgan fingerprint density at radius 1 is 0.188 bits per heavy atom. The van der Waals surface area contributed by atoms with Gasteiger partial charge < -0.3 is 37.9 Å². The minimum absolute atomic E-state index is 0. The third-order valence-corrected chi connectivity index (χ3v) is 18.8. The van der Waals surface area contributed by atoms with E-state index >= 15 is 0 Å². The lowest BCUT2D eigenvalue weighted by Crippen LogP contribution is -2.54. The van der Waals surface area contributed by atoms with Crippen molar-refractivity contribution in [2.45, 2.75) is 180 Å². The Morgan fingerprint density at radius 3 is 0.493 bits per heavy atom. The van der Waals surface area contributed by atoms with Crippen LogP contribution in [-0.4, -0.2) is 63.4 Å². The molecule has 0 aliphatic heterocycles. The Bertz CT molecular complexity index is 4530. The van der Waals surface area contributed by atoms with Gasteiger partial charge in [-0.25, -0.2) is 8.42 Å². The van der Waals surface area contributed by atoms with Gasteiger partial charge in [0.25, 0.3) is 0 Å². The highest BCUT2D eigenvalue weighted by atomic mass is 32.2. The quantitative estimate of drug-likeness (QED) is 0.0868. The van der Waals surface area contributed by atoms with E-state index in [4.69, 9.17) is 37.9 Å². The molecule has 0 unspecified atom stereocenters. The van der Waals surface area contributed by atoms with Gasteiger partial charge in [-0.1, -0.05) is 456 Å². The highest BCUT2D eigenvalue weighted by molar-refractivity contribution is 7.91. The summed E-state index contributed by atoms with van der Waals surface area (Å²) in [6, 6.07) is 135. The van der Waals surface area contributed by atoms with E-state index in [2.05, 4.69) is 38.1 Å². The lowest BCUT2D eigenvalue weighted by atomic mass is 9.73. The molecule has 0 N–H and O–H groups in total. The zero-order chi connectivity index (χ0) is 102. The number of ether oxygens (including phenoxy) is 8. The van der Waals surface area contributed by atoms with Gasteiger partial charge >= 0.3 is 12.4 Å². The number of benzene rings is 15. The maximum absolute atomic E-state index is 13.8. The molecule has 0 aliphatic carbocycles. The summed E-state index contributed by atoms with van der Waals surface area (Å²) < 4.78 is 149. The second kappa shape index (κ2) is 86.1. The van der Waals surface area contributed by atoms with Gasteiger partial charge in [0.15, 0.2) is 0 Å². The van der Waals surface area contributed by atoms with Crippen LogP contribution in [0.4, 0.5) is 26.3 Å². The van der Waals surface area contributed by atoms with Crippen molar-refractivity contribution in [3.05, 3.63) is 471 Å². The number of methoxy groups -OCH3 is 6. The van der Waals surface area contributed by atoms with E-state index in [9.17, 15) is 34.8 Å². The van der Waals surface area contributed by atoms with Crippen LogP contribution in [0.5, 0.6) is 57.5 Å². The van der Waals surface area contributed by atoms with Gasteiger partial charge in [0.2, 0.25) is 15.3 Å². The van der Waals surface area contributed by atoms with Gasteiger partial charge in [-0.2, -0.15) is 26.3 Å². The molecule has 0 saturated heterocycles. The van der Waals surface area contributed by atoms with Crippen LogP contribution in [-0.2, 0) is 20.7 Å². The first-order valence-electron chi connectivity index (χ1n) is 45.4. The van der Waals surface area contributed by atoms with Gasteiger partial charge in [0.05, 0.1) is 52.4 Å². The SMILES string of the molecule is C.C.C.CC.CC.CC.CC.CC.CC.CC.CC.COc1ccc(C(C)(C)c2ccc(OC)cc2)cc1.COc1ccc(C(c2ccc(OC)cc2)(C(F)(F)F)C(F)(F)F)cc1.COc1ccc(S(=O)(=O)c2ccc(OC)cc2)cc1.c1ccc(Oc2cccc(Oc3ccccc3)c2)cc1.c1ccccc1.c1ccccc1.c1ccccc1.c1ccccc1.c1ccccc1.c1ccccc1. The van der Waals surface area contributed by atoms with E-state index < -0.39 is 38.7 Å². The monoisotopic (exact) mass is 1920 g/mol. The van der Waals surface area contributed by atoms with Gasteiger partial charge in [0.1, 0.15) is 57.5 Å². The topological polar surface area (TPSA) is 108 Å². The van der Waals surface area contributed by atoms with Crippen molar-refractivity contribution in [3.63, 3.8) is 0 Å². The van der Waals surface area contributed by atoms with Crippen LogP contribution in [0.25, 0.3) is 0 Å². The summed E-state index contributed by atoms with van der Waals surface area (Å²) in [5, 5.41) is 0. The van der Waals surface area contributed by atoms with Crippen LogP contribution >= 0.6 is 0 Å². The average Bonchev–Trinajstić information content (AvgIpc) is 0.715. The summed E-state index contributed by atoms with van der Waals surface area (Å²) in [5.74, 6) is 6.43. The molecule has 0 heterocycles. The summed E-state index contributed by atoms with van der Waals surface area (Å²) in [5.41, 5.74) is -3.58. The van der Waals surface area contributed by atoms with E-state index in [-0.39, 0.29) is 49.0 Å². The Kier molecular flexibility index (Phi) is 84.2. The molecule has 15 rings (SSSR count). The highest BCUT2D eigenvalue weighted by Crippen LogP contribution is 2.56. The number of alkyl halides is 6. The molecule has 15 aromatic rings. The Morgan fingerprint density at radius 2 is 0.333 bits per heavy atom. The average molecular weight is 1920 g/mol. The van der Waals surface area contributed by atoms with Crippen LogP contribution < -0.4 is 37.9 Å². The fraction of sp³-hybridized carbons (Fsp3) is 0.256. The fourth-order valence-corrected chi connectivity index (χ4v) is 11.9. The van der Waals surface area contributed by atoms with Crippen molar-refractivity contribution in [3.8, 4) is 57.5 Å². The molecule has 0 bridgehead atoms.